The van der Waals surface area contributed by atoms with Gasteiger partial charge in [-0.3, -0.25) is 14.9 Å². The van der Waals surface area contributed by atoms with Crippen molar-refractivity contribution in [3.8, 4) is 0 Å². The molecular weight excluding hydrogens is 238 g/mol. The van der Waals surface area contributed by atoms with E-state index in [4.69, 9.17) is 4.42 Å². The number of carbonyl (C=O) groups excluding carboxylic acids is 2. The Morgan fingerprint density at radius 2 is 2.06 bits per heavy atom. The highest BCUT2D eigenvalue weighted by Gasteiger charge is 2.26. The zero-order chi connectivity index (χ0) is 13.1. The molecule has 0 bridgehead atoms. The first-order valence-corrected chi connectivity index (χ1v) is 5.74. The third kappa shape index (κ3) is 2.65. The molecule has 18 heavy (non-hydrogen) atoms. The van der Waals surface area contributed by atoms with Crippen molar-refractivity contribution in [1.29, 1.82) is 0 Å². The van der Waals surface area contributed by atoms with Gasteiger partial charge < -0.3 is 14.6 Å². The van der Waals surface area contributed by atoms with Crippen LogP contribution in [0.4, 0.5) is 6.01 Å². The highest BCUT2D eigenvalue weighted by molar-refractivity contribution is 6.02. The highest BCUT2D eigenvalue weighted by Crippen LogP contribution is 2.17. The van der Waals surface area contributed by atoms with E-state index >= 15 is 0 Å². The largest absolute Gasteiger partial charge is 0.406 e. The van der Waals surface area contributed by atoms with Crippen LogP contribution in [-0.4, -0.2) is 41.6 Å². The lowest BCUT2D eigenvalue weighted by molar-refractivity contribution is -0.130. The van der Waals surface area contributed by atoms with Gasteiger partial charge in [0, 0.05) is 0 Å². The van der Waals surface area contributed by atoms with Crippen molar-refractivity contribution < 1.29 is 14.0 Å². The highest BCUT2D eigenvalue weighted by atomic mass is 16.4. The Balaban J connectivity index is 2.09. The zero-order valence-corrected chi connectivity index (χ0v) is 10.3. The van der Waals surface area contributed by atoms with Crippen molar-refractivity contribution >= 4 is 17.8 Å². The minimum absolute atomic E-state index is 0.0446. The SMILES string of the molecule is CCNC(C)c1nnc(N2CC(=O)NC(=O)C2)o1. The maximum atomic E-state index is 11.2. The van der Waals surface area contributed by atoms with Crippen molar-refractivity contribution in [2.45, 2.75) is 19.9 Å². The van der Waals surface area contributed by atoms with E-state index in [1.165, 1.54) is 4.90 Å². The fourth-order valence-electron chi connectivity index (χ4n) is 1.70. The monoisotopic (exact) mass is 253 g/mol. The van der Waals surface area contributed by atoms with E-state index in [0.717, 1.165) is 6.54 Å². The third-order valence-electron chi connectivity index (χ3n) is 2.53. The minimum atomic E-state index is -0.370. The lowest BCUT2D eigenvalue weighted by Gasteiger charge is -2.23. The number of nitrogens with one attached hydrogen (secondary N) is 2. The number of carbonyl (C=O) groups is 2. The summed E-state index contributed by atoms with van der Waals surface area (Å²) >= 11 is 0. The summed E-state index contributed by atoms with van der Waals surface area (Å²) in [6.07, 6.45) is 0. The maximum absolute atomic E-state index is 11.2. The van der Waals surface area contributed by atoms with Gasteiger partial charge in [0.15, 0.2) is 0 Å². The van der Waals surface area contributed by atoms with Crippen molar-refractivity contribution in [1.82, 2.24) is 20.8 Å². The van der Waals surface area contributed by atoms with Crippen molar-refractivity contribution in [2.24, 2.45) is 0 Å². The van der Waals surface area contributed by atoms with Crippen LogP contribution in [0.2, 0.25) is 0 Å². The molecule has 1 aliphatic rings. The quantitative estimate of drug-likeness (QED) is 0.678. The van der Waals surface area contributed by atoms with Crippen LogP contribution >= 0.6 is 0 Å². The molecule has 8 heteroatoms. The van der Waals surface area contributed by atoms with E-state index in [-0.39, 0.29) is 37.0 Å². The molecule has 0 radical (unpaired) electrons. The Hall–Kier alpha value is -1.96. The van der Waals surface area contributed by atoms with Crippen molar-refractivity contribution in [3.05, 3.63) is 5.89 Å². The van der Waals surface area contributed by atoms with Crippen LogP contribution in [0, 0.1) is 0 Å². The van der Waals surface area contributed by atoms with Gasteiger partial charge in [-0.1, -0.05) is 12.0 Å². The molecule has 2 amide bonds. The number of hydrogen-bond donors (Lipinski definition) is 2. The van der Waals surface area contributed by atoms with Crippen LogP contribution in [0.25, 0.3) is 0 Å². The minimum Gasteiger partial charge on any atom is -0.406 e. The smallest absolute Gasteiger partial charge is 0.319 e. The second-order valence-electron chi connectivity index (χ2n) is 4.03. The molecule has 2 rings (SSSR count). The molecule has 1 aromatic rings. The van der Waals surface area contributed by atoms with E-state index < -0.39 is 0 Å². The van der Waals surface area contributed by atoms with Crippen molar-refractivity contribution in [2.75, 3.05) is 24.5 Å². The standard InChI is InChI=1S/C10H15N5O3/c1-3-11-6(2)9-13-14-10(18-9)15-4-7(16)12-8(17)5-15/h6,11H,3-5H2,1-2H3,(H,12,16,17). The Kier molecular flexibility index (Phi) is 3.56. The first kappa shape index (κ1) is 12.5. The van der Waals surface area contributed by atoms with Crippen LogP contribution < -0.4 is 15.5 Å². The average Bonchev–Trinajstić information content (AvgIpc) is 2.77. The van der Waals surface area contributed by atoms with E-state index in [1.54, 1.807) is 0 Å². The van der Waals surface area contributed by atoms with Gasteiger partial charge >= 0.3 is 6.01 Å². The fourth-order valence-corrected chi connectivity index (χ4v) is 1.70. The maximum Gasteiger partial charge on any atom is 0.319 e. The van der Waals surface area contributed by atoms with Gasteiger partial charge in [0.1, 0.15) is 13.1 Å². The fraction of sp³-hybridized carbons (Fsp3) is 0.600. The third-order valence-corrected chi connectivity index (χ3v) is 2.53. The Morgan fingerprint density at radius 1 is 1.39 bits per heavy atom. The summed E-state index contributed by atoms with van der Waals surface area (Å²) in [7, 11) is 0. The van der Waals surface area contributed by atoms with Crippen LogP contribution in [-0.2, 0) is 9.59 Å². The van der Waals surface area contributed by atoms with Gasteiger partial charge in [-0.15, -0.1) is 5.10 Å². The number of piperazine rings is 1. The van der Waals surface area contributed by atoms with Crippen LogP contribution in [0.3, 0.4) is 0 Å². The number of nitrogens with zero attached hydrogens (tertiary/aromatic N) is 3. The molecule has 1 saturated heterocycles. The van der Waals surface area contributed by atoms with Gasteiger partial charge in [-0.25, -0.2) is 0 Å². The predicted octanol–water partition coefficient (Wildman–Crippen LogP) is -0.797. The molecule has 0 saturated carbocycles. The Labute approximate surface area is 104 Å². The summed E-state index contributed by atoms with van der Waals surface area (Å²) in [5.74, 6) is -0.304. The Bertz CT molecular complexity index is 442. The molecule has 1 aliphatic heterocycles. The van der Waals surface area contributed by atoms with Crippen LogP contribution in [0.15, 0.2) is 4.42 Å². The van der Waals surface area contributed by atoms with Gasteiger partial charge in [0.25, 0.3) is 0 Å². The van der Waals surface area contributed by atoms with Gasteiger partial charge in [0.2, 0.25) is 17.7 Å². The second-order valence-corrected chi connectivity index (χ2v) is 4.03. The van der Waals surface area contributed by atoms with Gasteiger partial charge in [-0.05, 0) is 13.5 Å². The topological polar surface area (TPSA) is 100 Å². The van der Waals surface area contributed by atoms with Crippen LogP contribution in [0.5, 0.6) is 0 Å². The lowest BCUT2D eigenvalue weighted by atomic mass is 10.3. The molecule has 8 nitrogen and oxygen atoms in total. The first-order valence-electron chi connectivity index (χ1n) is 5.74. The van der Waals surface area contributed by atoms with E-state index in [0.29, 0.717) is 5.89 Å². The number of anilines is 1. The predicted molar refractivity (Wildman–Crippen MR) is 61.8 cm³/mol. The van der Waals surface area contributed by atoms with E-state index in [2.05, 4.69) is 20.8 Å². The normalized spacial score (nSPS) is 17.8. The summed E-state index contributed by atoms with van der Waals surface area (Å²) in [4.78, 5) is 23.9. The summed E-state index contributed by atoms with van der Waals surface area (Å²) < 4.78 is 5.44. The molecule has 0 aromatic carbocycles. The number of hydrogen-bond acceptors (Lipinski definition) is 7. The van der Waals surface area contributed by atoms with E-state index in [1.807, 2.05) is 13.8 Å². The lowest BCUT2D eigenvalue weighted by Crippen LogP contribution is -2.51. The summed E-state index contributed by atoms with van der Waals surface area (Å²) in [5, 5.41) is 13.1. The number of imide groups is 1. The molecule has 1 aromatic heterocycles. The molecule has 1 atom stereocenters. The summed E-state index contributed by atoms with van der Waals surface area (Å²) in [5.41, 5.74) is 0. The van der Waals surface area contributed by atoms with Crippen LogP contribution in [0.1, 0.15) is 25.8 Å². The molecule has 1 unspecified atom stereocenters. The van der Waals surface area contributed by atoms with E-state index in [9.17, 15) is 9.59 Å². The number of amides is 2. The molecule has 2 heterocycles. The van der Waals surface area contributed by atoms with Crippen molar-refractivity contribution in [3.63, 3.8) is 0 Å². The summed E-state index contributed by atoms with van der Waals surface area (Å²) in [6, 6.07) is 0.128. The molecule has 98 valence electrons. The molecule has 1 fully saturated rings. The molecule has 0 spiro atoms. The first-order chi connectivity index (χ1) is 8.60. The second kappa shape index (κ2) is 5.13. The number of rotatable bonds is 4. The molecule has 0 aliphatic carbocycles. The number of aromatic nitrogens is 2. The van der Waals surface area contributed by atoms with Gasteiger partial charge in [0.05, 0.1) is 6.04 Å². The summed E-state index contributed by atoms with van der Waals surface area (Å²) in [6.45, 7) is 4.74. The zero-order valence-electron chi connectivity index (χ0n) is 10.3. The molecule has 2 N–H and O–H groups in total. The Morgan fingerprint density at radius 3 is 2.67 bits per heavy atom. The molecular formula is C10H15N5O3. The average molecular weight is 253 g/mol. The van der Waals surface area contributed by atoms with Gasteiger partial charge in [-0.2, -0.15) is 0 Å².